The summed E-state index contributed by atoms with van der Waals surface area (Å²) in [5, 5.41) is 13.7. The molecule has 1 aromatic carbocycles. The van der Waals surface area contributed by atoms with Gasteiger partial charge in [-0.05, 0) is 37.6 Å². The van der Waals surface area contributed by atoms with Crippen molar-refractivity contribution in [2.24, 2.45) is 0 Å². The number of para-hydroxylation sites is 1. The van der Waals surface area contributed by atoms with Crippen molar-refractivity contribution in [2.75, 3.05) is 5.32 Å². The molecule has 2 aromatic heterocycles. The van der Waals surface area contributed by atoms with Crippen LogP contribution in [0, 0.1) is 6.92 Å². The number of nitrogens with one attached hydrogen (secondary N) is 1. The zero-order valence-corrected chi connectivity index (χ0v) is 14.8. The van der Waals surface area contributed by atoms with E-state index in [2.05, 4.69) is 10.3 Å². The zero-order chi connectivity index (χ0) is 18.7. The molecule has 0 unspecified atom stereocenters. The number of unbranched alkanes of at least 4 members (excludes halogenated alkanes) is 1. The number of aromatic nitrogens is 2. The molecular weight excluding hydrogens is 330 g/mol. The van der Waals surface area contributed by atoms with Crippen LogP contribution < -0.4 is 10.9 Å². The molecule has 0 atom stereocenters. The fraction of sp³-hybridized carbons (Fsp3) is 0.250. The summed E-state index contributed by atoms with van der Waals surface area (Å²) in [5.41, 5.74) is 0.600. The Balaban J connectivity index is 2.12. The molecule has 26 heavy (non-hydrogen) atoms. The Morgan fingerprint density at radius 1 is 1.19 bits per heavy atom. The molecule has 0 saturated heterocycles. The van der Waals surface area contributed by atoms with Gasteiger partial charge in [0.15, 0.2) is 0 Å². The molecule has 0 aliphatic rings. The summed E-state index contributed by atoms with van der Waals surface area (Å²) in [6.45, 7) is 4.32. The van der Waals surface area contributed by atoms with Crippen molar-refractivity contribution in [1.29, 1.82) is 0 Å². The van der Waals surface area contributed by atoms with Crippen molar-refractivity contribution in [3.8, 4) is 5.75 Å². The summed E-state index contributed by atoms with van der Waals surface area (Å²) in [6.07, 6.45) is 1.71. The van der Waals surface area contributed by atoms with Crippen molar-refractivity contribution < 1.29 is 9.90 Å². The van der Waals surface area contributed by atoms with Crippen LogP contribution in [0.15, 0.2) is 47.3 Å². The van der Waals surface area contributed by atoms with Crippen molar-refractivity contribution >= 4 is 22.6 Å². The van der Waals surface area contributed by atoms with E-state index >= 15 is 0 Å². The zero-order valence-electron chi connectivity index (χ0n) is 14.8. The lowest BCUT2D eigenvalue weighted by atomic mass is 10.1. The van der Waals surface area contributed by atoms with Gasteiger partial charge in [-0.2, -0.15) is 0 Å². The highest BCUT2D eigenvalue weighted by Crippen LogP contribution is 2.27. The van der Waals surface area contributed by atoms with Gasteiger partial charge in [-0.1, -0.05) is 31.5 Å². The molecule has 0 saturated carbocycles. The lowest BCUT2D eigenvalue weighted by Gasteiger charge is -2.14. The molecule has 2 heterocycles. The van der Waals surface area contributed by atoms with Gasteiger partial charge in [-0.3, -0.25) is 9.59 Å². The first-order valence-electron chi connectivity index (χ1n) is 8.62. The Kier molecular flexibility index (Phi) is 5.02. The number of nitrogens with zero attached hydrogens (tertiary/aromatic N) is 2. The van der Waals surface area contributed by atoms with Gasteiger partial charge in [-0.15, -0.1) is 0 Å². The van der Waals surface area contributed by atoms with Crippen LogP contribution in [0.2, 0.25) is 0 Å². The van der Waals surface area contributed by atoms with E-state index < -0.39 is 11.5 Å². The number of hydrogen-bond donors (Lipinski definition) is 2. The molecule has 0 fully saturated rings. The lowest BCUT2D eigenvalue weighted by molar-refractivity contribution is 0.102. The summed E-state index contributed by atoms with van der Waals surface area (Å²) in [4.78, 5) is 29.9. The fourth-order valence-electron chi connectivity index (χ4n) is 2.92. The standard InChI is InChI=1S/C20H21N3O3/c1-3-4-12-23-15-10-6-5-9-14(15)18(24)17(20(23)26)19(25)22-16-11-7-8-13(2)21-16/h5-11,24H,3-4,12H2,1-2H3,(H,21,22,25). The second-order valence-electron chi connectivity index (χ2n) is 6.17. The number of hydrogen-bond acceptors (Lipinski definition) is 4. The third kappa shape index (κ3) is 3.31. The van der Waals surface area contributed by atoms with Gasteiger partial charge in [0.25, 0.3) is 11.5 Å². The molecule has 3 aromatic rings. The Labute approximate surface area is 151 Å². The van der Waals surface area contributed by atoms with Gasteiger partial charge in [0.1, 0.15) is 17.1 Å². The molecule has 6 heteroatoms. The number of fused-ring (bicyclic) bond motifs is 1. The van der Waals surface area contributed by atoms with Crippen LogP contribution in [0.25, 0.3) is 10.9 Å². The second kappa shape index (κ2) is 7.39. The number of amides is 1. The highest BCUT2D eigenvalue weighted by Gasteiger charge is 2.22. The number of aromatic hydroxyl groups is 1. The number of benzene rings is 1. The van der Waals surface area contributed by atoms with Gasteiger partial charge in [-0.25, -0.2) is 4.98 Å². The van der Waals surface area contributed by atoms with Crippen molar-refractivity contribution in [3.05, 3.63) is 64.1 Å². The van der Waals surface area contributed by atoms with Gasteiger partial charge >= 0.3 is 0 Å². The number of aryl methyl sites for hydroxylation is 2. The van der Waals surface area contributed by atoms with E-state index in [1.54, 1.807) is 54.0 Å². The van der Waals surface area contributed by atoms with E-state index in [1.165, 1.54) is 0 Å². The van der Waals surface area contributed by atoms with Crippen molar-refractivity contribution in [1.82, 2.24) is 9.55 Å². The van der Waals surface area contributed by atoms with E-state index in [1.807, 2.05) is 6.92 Å². The van der Waals surface area contributed by atoms with Crippen LogP contribution in [0.1, 0.15) is 35.8 Å². The SMILES string of the molecule is CCCCn1c(=O)c(C(=O)Nc2cccc(C)n2)c(O)c2ccccc21. The average Bonchev–Trinajstić information content (AvgIpc) is 2.62. The number of anilines is 1. The van der Waals surface area contributed by atoms with Gasteiger partial charge in [0.05, 0.1) is 5.52 Å². The highest BCUT2D eigenvalue weighted by molar-refractivity contribution is 6.08. The topological polar surface area (TPSA) is 84.2 Å². The Bertz CT molecular complexity index is 1020. The third-order valence-electron chi connectivity index (χ3n) is 4.24. The Morgan fingerprint density at radius 2 is 1.96 bits per heavy atom. The molecule has 0 spiro atoms. The van der Waals surface area contributed by atoms with Gasteiger partial charge in [0, 0.05) is 17.6 Å². The Morgan fingerprint density at radius 3 is 2.69 bits per heavy atom. The summed E-state index contributed by atoms with van der Waals surface area (Å²) < 4.78 is 1.55. The molecule has 1 amide bonds. The molecule has 6 nitrogen and oxygen atoms in total. The first-order chi connectivity index (χ1) is 12.5. The maximum absolute atomic E-state index is 12.9. The fourth-order valence-corrected chi connectivity index (χ4v) is 2.92. The number of carbonyl (C=O) groups excluding carboxylic acids is 1. The third-order valence-corrected chi connectivity index (χ3v) is 4.24. The minimum absolute atomic E-state index is 0.261. The molecule has 0 radical (unpaired) electrons. The molecule has 2 N–H and O–H groups in total. The largest absolute Gasteiger partial charge is 0.506 e. The van der Waals surface area contributed by atoms with Crippen LogP contribution in [-0.4, -0.2) is 20.6 Å². The average molecular weight is 351 g/mol. The minimum Gasteiger partial charge on any atom is -0.506 e. The number of carbonyl (C=O) groups is 1. The smallest absolute Gasteiger partial charge is 0.267 e. The van der Waals surface area contributed by atoms with Crippen LogP contribution in [-0.2, 0) is 6.54 Å². The molecule has 0 bridgehead atoms. The van der Waals surface area contributed by atoms with Gasteiger partial charge < -0.3 is 15.0 Å². The predicted octanol–water partition coefficient (Wildman–Crippen LogP) is 3.46. The summed E-state index contributed by atoms with van der Waals surface area (Å²) >= 11 is 0. The minimum atomic E-state index is -0.665. The maximum Gasteiger partial charge on any atom is 0.267 e. The van der Waals surface area contributed by atoms with Crippen molar-refractivity contribution in [3.63, 3.8) is 0 Å². The number of rotatable bonds is 5. The van der Waals surface area contributed by atoms with E-state index in [4.69, 9.17) is 0 Å². The molecule has 134 valence electrons. The number of pyridine rings is 2. The molecule has 0 aliphatic carbocycles. The normalized spacial score (nSPS) is 10.8. The quantitative estimate of drug-likeness (QED) is 0.737. The van der Waals surface area contributed by atoms with E-state index in [0.717, 1.165) is 18.5 Å². The molecular formula is C20H21N3O3. The highest BCUT2D eigenvalue weighted by atomic mass is 16.3. The Hall–Kier alpha value is -3.15. The van der Waals surface area contributed by atoms with Crippen LogP contribution >= 0.6 is 0 Å². The van der Waals surface area contributed by atoms with Crippen LogP contribution in [0.3, 0.4) is 0 Å². The van der Waals surface area contributed by atoms with Crippen LogP contribution in [0.4, 0.5) is 5.82 Å². The summed E-state index contributed by atoms with van der Waals surface area (Å²) in [6, 6.07) is 12.3. The lowest BCUT2D eigenvalue weighted by Crippen LogP contribution is -2.30. The maximum atomic E-state index is 12.9. The molecule has 3 rings (SSSR count). The van der Waals surface area contributed by atoms with Crippen molar-refractivity contribution in [2.45, 2.75) is 33.2 Å². The summed E-state index contributed by atoms with van der Waals surface area (Å²) in [5.74, 6) is -0.632. The second-order valence-corrected chi connectivity index (χ2v) is 6.17. The monoisotopic (exact) mass is 351 g/mol. The van der Waals surface area contributed by atoms with Crippen LogP contribution in [0.5, 0.6) is 5.75 Å². The first-order valence-corrected chi connectivity index (χ1v) is 8.62. The predicted molar refractivity (Wildman–Crippen MR) is 102 cm³/mol. The van der Waals surface area contributed by atoms with Gasteiger partial charge in [0.2, 0.25) is 0 Å². The molecule has 0 aliphatic heterocycles. The van der Waals surface area contributed by atoms with E-state index in [9.17, 15) is 14.7 Å². The first kappa shape index (κ1) is 17.7. The van der Waals surface area contributed by atoms with E-state index in [0.29, 0.717) is 23.3 Å². The van der Waals surface area contributed by atoms with E-state index in [-0.39, 0.29) is 11.3 Å². The summed E-state index contributed by atoms with van der Waals surface area (Å²) in [7, 11) is 0.